The number of hydrogen-bond donors (Lipinski definition) is 1. The van der Waals surface area contributed by atoms with Gasteiger partial charge in [-0.15, -0.1) is 0 Å². The first-order valence-corrected chi connectivity index (χ1v) is 8.80. The van der Waals surface area contributed by atoms with Crippen LogP contribution in [0.3, 0.4) is 0 Å². The molecule has 1 N–H and O–H groups in total. The molecule has 3 aromatic rings. The second-order valence-electron chi connectivity index (χ2n) is 5.88. The van der Waals surface area contributed by atoms with E-state index >= 15 is 0 Å². The molecule has 0 saturated heterocycles. The van der Waals surface area contributed by atoms with E-state index in [1.165, 1.54) is 0 Å². The van der Waals surface area contributed by atoms with E-state index in [1.807, 2.05) is 36.4 Å². The number of aromatic nitrogens is 1. The van der Waals surface area contributed by atoms with Crippen LogP contribution in [0, 0.1) is 0 Å². The Morgan fingerprint density at radius 1 is 1.12 bits per heavy atom. The van der Waals surface area contributed by atoms with Crippen molar-refractivity contribution in [3.63, 3.8) is 0 Å². The Balaban J connectivity index is 1.89. The summed E-state index contributed by atoms with van der Waals surface area (Å²) in [5.74, 6) is 2.58. The van der Waals surface area contributed by atoms with Crippen LogP contribution in [0.5, 0.6) is 28.9 Å². The van der Waals surface area contributed by atoms with Gasteiger partial charge in [0.2, 0.25) is 5.88 Å². The minimum Gasteiger partial charge on any atom is -0.493 e. The predicted molar refractivity (Wildman–Crippen MR) is 101 cm³/mol. The van der Waals surface area contributed by atoms with Crippen LogP contribution in [0.15, 0.2) is 46.9 Å². The smallest absolute Gasteiger partial charge is 0.211 e. The zero-order valence-electron chi connectivity index (χ0n) is 14.2. The Morgan fingerprint density at radius 2 is 1.92 bits per heavy atom. The zero-order valence-corrected chi connectivity index (χ0v) is 15.8. The molecule has 0 aliphatic carbocycles. The van der Waals surface area contributed by atoms with Crippen LogP contribution < -0.4 is 14.2 Å². The number of halogens is 1. The first-order chi connectivity index (χ1) is 12.6. The molecule has 0 unspecified atom stereocenters. The molecular formula is C20H16BrNO4. The molecule has 5 nitrogen and oxygen atoms in total. The number of ether oxygens (including phenoxy) is 3. The molecule has 0 atom stereocenters. The molecule has 132 valence electrons. The molecule has 0 bridgehead atoms. The van der Waals surface area contributed by atoms with Crippen LogP contribution in [0.25, 0.3) is 11.1 Å². The van der Waals surface area contributed by atoms with Crippen molar-refractivity contribution in [3.8, 4) is 40.0 Å². The molecule has 2 heterocycles. The van der Waals surface area contributed by atoms with Gasteiger partial charge in [-0.05, 0) is 39.7 Å². The molecule has 1 aliphatic heterocycles. The molecule has 0 amide bonds. The molecule has 4 rings (SSSR count). The molecule has 1 aromatic heterocycles. The molecule has 2 aromatic carbocycles. The van der Waals surface area contributed by atoms with Crippen LogP contribution in [-0.4, -0.2) is 24.3 Å². The van der Waals surface area contributed by atoms with Crippen molar-refractivity contribution in [1.29, 1.82) is 0 Å². The Labute approximate surface area is 159 Å². The van der Waals surface area contributed by atoms with Crippen molar-refractivity contribution < 1.29 is 19.3 Å². The third-order valence-corrected chi connectivity index (χ3v) is 4.91. The molecular weight excluding hydrogens is 398 g/mol. The summed E-state index contributed by atoms with van der Waals surface area (Å²) in [7, 11) is 3.17. The number of benzene rings is 2. The van der Waals surface area contributed by atoms with Gasteiger partial charge in [-0.1, -0.05) is 18.2 Å². The summed E-state index contributed by atoms with van der Waals surface area (Å²) >= 11 is 3.51. The fourth-order valence-corrected chi connectivity index (χ4v) is 3.74. The van der Waals surface area contributed by atoms with Gasteiger partial charge in [0.25, 0.3) is 0 Å². The maximum absolute atomic E-state index is 10.1. The van der Waals surface area contributed by atoms with Crippen molar-refractivity contribution in [2.75, 3.05) is 14.2 Å². The highest BCUT2D eigenvalue weighted by Gasteiger charge is 2.24. The molecule has 6 heteroatoms. The maximum atomic E-state index is 10.1. The highest BCUT2D eigenvalue weighted by atomic mass is 79.9. The summed E-state index contributed by atoms with van der Waals surface area (Å²) < 4.78 is 17.7. The average Bonchev–Trinajstić information content (AvgIpc) is 2.65. The van der Waals surface area contributed by atoms with E-state index in [-0.39, 0.29) is 5.88 Å². The number of para-hydroxylation sites is 1. The van der Waals surface area contributed by atoms with Crippen molar-refractivity contribution in [1.82, 2.24) is 4.98 Å². The molecule has 0 saturated carbocycles. The van der Waals surface area contributed by atoms with Crippen LogP contribution in [0.2, 0.25) is 0 Å². The van der Waals surface area contributed by atoms with Gasteiger partial charge < -0.3 is 19.3 Å². The Kier molecular flexibility index (Phi) is 4.20. The van der Waals surface area contributed by atoms with Gasteiger partial charge in [0, 0.05) is 23.6 Å². The number of pyridine rings is 1. The number of fused-ring (bicyclic) bond motifs is 2. The fraction of sp³-hybridized carbons (Fsp3) is 0.150. The highest BCUT2D eigenvalue weighted by Crippen LogP contribution is 2.46. The van der Waals surface area contributed by atoms with Crippen molar-refractivity contribution in [3.05, 3.63) is 58.2 Å². The maximum Gasteiger partial charge on any atom is 0.211 e. The van der Waals surface area contributed by atoms with Crippen LogP contribution >= 0.6 is 15.9 Å². The average molecular weight is 414 g/mol. The van der Waals surface area contributed by atoms with Gasteiger partial charge >= 0.3 is 0 Å². The normalized spacial score (nSPS) is 12.0. The lowest BCUT2D eigenvalue weighted by Gasteiger charge is -2.22. The molecule has 0 fully saturated rings. The Bertz CT molecular complexity index is 1000. The number of nitrogens with zero attached hydrogens (tertiary/aromatic N) is 1. The monoisotopic (exact) mass is 413 g/mol. The SMILES string of the molecule is COc1cc(-c2cc(O)nc3c2Oc2ccccc2C3)cc(Br)c1OC. The van der Waals surface area contributed by atoms with Crippen molar-refractivity contribution in [2.24, 2.45) is 0 Å². The first-order valence-electron chi connectivity index (χ1n) is 8.01. The quantitative estimate of drug-likeness (QED) is 0.515. The van der Waals surface area contributed by atoms with Crippen LogP contribution in [0.1, 0.15) is 11.3 Å². The number of methoxy groups -OCH3 is 2. The lowest BCUT2D eigenvalue weighted by molar-refractivity contribution is 0.353. The van der Waals surface area contributed by atoms with E-state index in [0.717, 1.165) is 26.9 Å². The molecule has 0 spiro atoms. The minimum atomic E-state index is -0.0485. The van der Waals surface area contributed by atoms with Gasteiger partial charge in [-0.25, -0.2) is 4.98 Å². The third-order valence-electron chi connectivity index (χ3n) is 4.32. The number of aromatic hydroxyl groups is 1. The van der Waals surface area contributed by atoms with Crippen LogP contribution in [-0.2, 0) is 6.42 Å². The summed E-state index contributed by atoms with van der Waals surface area (Å²) in [6.07, 6.45) is 0.599. The zero-order chi connectivity index (χ0) is 18.3. The van der Waals surface area contributed by atoms with Crippen LogP contribution in [0.4, 0.5) is 0 Å². The molecule has 1 aliphatic rings. The van der Waals surface area contributed by atoms with Gasteiger partial charge in [-0.3, -0.25) is 0 Å². The minimum absolute atomic E-state index is 0.0485. The summed E-state index contributed by atoms with van der Waals surface area (Å²) in [5, 5.41) is 10.1. The van der Waals surface area contributed by atoms with Gasteiger partial charge in [0.15, 0.2) is 17.2 Å². The Hall–Kier alpha value is -2.73. The van der Waals surface area contributed by atoms with Gasteiger partial charge in [0.05, 0.1) is 24.4 Å². The van der Waals surface area contributed by atoms with E-state index < -0.39 is 0 Å². The second kappa shape index (κ2) is 6.53. The fourth-order valence-electron chi connectivity index (χ4n) is 3.13. The van der Waals surface area contributed by atoms with E-state index in [0.29, 0.717) is 29.4 Å². The largest absolute Gasteiger partial charge is 0.493 e. The molecule has 0 radical (unpaired) electrons. The Morgan fingerprint density at radius 3 is 2.69 bits per heavy atom. The van der Waals surface area contributed by atoms with E-state index in [4.69, 9.17) is 14.2 Å². The van der Waals surface area contributed by atoms with Gasteiger partial charge in [0.1, 0.15) is 5.75 Å². The number of rotatable bonds is 3. The topological polar surface area (TPSA) is 60.8 Å². The summed E-state index contributed by atoms with van der Waals surface area (Å²) in [5.41, 5.74) is 3.30. The molecule has 26 heavy (non-hydrogen) atoms. The summed E-state index contributed by atoms with van der Waals surface area (Å²) in [6.45, 7) is 0. The van der Waals surface area contributed by atoms with E-state index in [9.17, 15) is 5.11 Å². The first kappa shape index (κ1) is 16.7. The van der Waals surface area contributed by atoms with Crippen molar-refractivity contribution in [2.45, 2.75) is 6.42 Å². The highest BCUT2D eigenvalue weighted by molar-refractivity contribution is 9.10. The van der Waals surface area contributed by atoms with Gasteiger partial charge in [-0.2, -0.15) is 0 Å². The lowest BCUT2D eigenvalue weighted by Crippen LogP contribution is -2.06. The van der Waals surface area contributed by atoms with E-state index in [1.54, 1.807) is 20.3 Å². The number of hydrogen-bond acceptors (Lipinski definition) is 5. The third kappa shape index (κ3) is 2.76. The second-order valence-corrected chi connectivity index (χ2v) is 6.74. The predicted octanol–water partition coefficient (Wildman–Crippen LogP) is 4.93. The lowest BCUT2D eigenvalue weighted by atomic mass is 9.98. The summed E-state index contributed by atoms with van der Waals surface area (Å²) in [4.78, 5) is 4.26. The summed E-state index contributed by atoms with van der Waals surface area (Å²) in [6, 6.07) is 13.2. The van der Waals surface area contributed by atoms with Crippen molar-refractivity contribution >= 4 is 15.9 Å². The van der Waals surface area contributed by atoms with E-state index in [2.05, 4.69) is 20.9 Å². The standard InChI is InChI=1S/C20H16BrNO4/c1-24-17-9-12(7-14(21)20(17)25-2)13-10-18(23)22-15-8-11-5-3-4-6-16(11)26-19(13)15/h3-7,9-10H,8H2,1-2H3,(H,22,23).